The number of likely N-dealkylation sites (tertiary alicyclic amines) is 3. The summed E-state index contributed by atoms with van der Waals surface area (Å²) in [4.78, 5) is 31.1. The van der Waals surface area contributed by atoms with Crippen LogP contribution in [0.4, 0.5) is 4.79 Å². The average molecular weight is 322 g/mol. The fourth-order valence-corrected chi connectivity index (χ4v) is 4.20. The van der Waals surface area contributed by atoms with E-state index in [1.807, 2.05) is 14.7 Å². The fourth-order valence-electron chi connectivity index (χ4n) is 4.20. The average Bonchev–Trinajstić information content (AvgIpc) is 3.15. The summed E-state index contributed by atoms with van der Waals surface area (Å²) < 4.78 is 0. The van der Waals surface area contributed by atoms with Gasteiger partial charge in [0.25, 0.3) is 0 Å². The normalized spacial score (nSPS) is 26.7. The zero-order valence-corrected chi connectivity index (χ0v) is 14.1. The molecule has 0 radical (unpaired) electrons. The number of carbonyl (C=O) groups excluding carboxylic acids is 2. The van der Waals surface area contributed by atoms with Crippen molar-refractivity contribution in [3.63, 3.8) is 0 Å². The number of hydrogen-bond donors (Lipinski definition) is 1. The molecule has 0 aliphatic carbocycles. The first-order valence-electron chi connectivity index (χ1n) is 9.25. The maximum Gasteiger partial charge on any atom is 0.319 e. The number of nitrogens with zero attached hydrogens (tertiary/aromatic N) is 3. The van der Waals surface area contributed by atoms with E-state index in [1.54, 1.807) is 0 Å². The lowest BCUT2D eigenvalue weighted by atomic mass is 9.92. The molecule has 0 aromatic carbocycles. The third-order valence-corrected chi connectivity index (χ3v) is 5.67. The summed E-state index contributed by atoms with van der Waals surface area (Å²) in [7, 11) is 0. The number of carbonyl (C=O) groups is 2. The van der Waals surface area contributed by atoms with Crippen molar-refractivity contribution in [2.45, 2.75) is 51.0 Å². The summed E-state index contributed by atoms with van der Waals surface area (Å²) in [5, 5.41) is 0. The van der Waals surface area contributed by atoms with E-state index in [-0.39, 0.29) is 23.9 Å². The number of rotatable bonds is 2. The fraction of sp³-hybridized carbons (Fsp3) is 0.882. The highest BCUT2D eigenvalue weighted by molar-refractivity contribution is 5.80. The Morgan fingerprint density at radius 3 is 2.09 bits per heavy atom. The molecule has 3 aliphatic heterocycles. The lowest BCUT2D eigenvalue weighted by Crippen LogP contribution is -2.52. The molecule has 0 aromatic rings. The van der Waals surface area contributed by atoms with Gasteiger partial charge in [0.2, 0.25) is 5.91 Å². The van der Waals surface area contributed by atoms with Crippen molar-refractivity contribution < 1.29 is 9.59 Å². The Balaban J connectivity index is 1.51. The molecule has 3 amide bonds. The van der Waals surface area contributed by atoms with E-state index < -0.39 is 0 Å². The van der Waals surface area contributed by atoms with Gasteiger partial charge >= 0.3 is 6.03 Å². The van der Waals surface area contributed by atoms with Gasteiger partial charge in [0.05, 0.1) is 0 Å². The Kier molecular flexibility index (Phi) is 5.41. The van der Waals surface area contributed by atoms with Gasteiger partial charge in [0.15, 0.2) is 0 Å². The van der Waals surface area contributed by atoms with Crippen LogP contribution in [0.2, 0.25) is 0 Å². The first-order chi connectivity index (χ1) is 11.2. The van der Waals surface area contributed by atoms with Crippen LogP contribution in [0.3, 0.4) is 0 Å². The standard InChI is InChI=1S/C17H30N4O2/c18-13-15-5-1-2-10-21(15)16(22)14-6-11-20(12-7-14)17(23)19-8-3-4-9-19/h14-15H,1-13,18H2. The lowest BCUT2D eigenvalue weighted by molar-refractivity contribution is -0.140. The van der Waals surface area contributed by atoms with Crippen LogP contribution in [0.1, 0.15) is 44.9 Å². The van der Waals surface area contributed by atoms with Crippen LogP contribution >= 0.6 is 0 Å². The summed E-state index contributed by atoms with van der Waals surface area (Å²) in [6.07, 6.45) is 7.14. The second-order valence-corrected chi connectivity index (χ2v) is 7.15. The summed E-state index contributed by atoms with van der Waals surface area (Å²) in [5.41, 5.74) is 5.84. The Morgan fingerprint density at radius 1 is 0.826 bits per heavy atom. The van der Waals surface area contributed by atoms with Gasteiger partial charge in [-0.05, 0) is 44.9 Å². The van der Waals surface area contributed by atoms with Crippen LogP contribution in [0.25, 0.3) is 0 Å². The van der Waals surface area contributed by atoms with E-state index >= 15 is 0 Å². The highest BCUT2D eigenvalue weighted by atomic mass is 16.2. The molecule has 3 rings (SSSR count). The number of hydrogen-bond acceptors (Lipinski definition) is 3. The third-order valence-electron chi connectivity index (χ3n) is 5.67. The van der Waals surface area contributed by atoms with Crippen molar-refractivity contribution >= 4 is 11.9 Å². The van der Waals surface area contributed by atoms with Gasteiger partial charge in [-0.25, -0.2) is 4.79 Å². The first-order valence-corrected chi connectivity index (χ1v) is 9.25. The van der Waals surface area contributed by atoms with Gasteiger partial charge in [-0.15, -0.1) is 0 Å². The Morgan fingerprint density at radius 2 is 1.43 bits per heavy atom. The Bertz CT molecular complexity index is 428. The third kappa shape index (κ3) is 3.62. The van der Waals surface area contributed by atoms with E-state index in [0.717, 1.165) is 58.2 Å². The highest BCUT2D eigenvalue weighted by Gasteiger charge is 2.34. The van der Waals surface area contributed by atoms with Crippen molar-refractivity contribution in [1.82, 2.24) is 14.7 Å². The van der Waals surface area contributed by atoms with E-state index in [2.05, 4.69) is 0 Å². The van der Waals surface area contributed by atoms with Gasteiger partial charge in [0.1, 0.15) is 0 Å². The van der Waals surface area contributed by atoms with E-state index in [0.29, 0.717) is 19.6 Å². The molecule has 3 saturated heterocycles. The molecule has 3 fully saturated rings. The van der Waals surface area contributed by atoms with Crippen LogP contribution in [-0.2, 0) is 4.79 Å². The predicted molar refractivity (Wildman–Crippen MR) is 88.9 cm³/mol. The molecule has 0 aromatic heterocycles. The summed E-state index contributed by atoms with van der Waals surface area (Å²) in [6.45, 7) is 4.64. The summed E-state index contributed by atoms with van der Waals surface area (Å²) in [6, 6.07) is 0.395. The maximum absolute atomic E-state index is 12.8. The Labute approximate surface area is 139 Å². The molecule has 6 heteroatoms. The molecule has 3 heterocycles. The summed E-state index contributed by atoms with van der Waals surface area (Å²) in [5.74, 6) is 0.346. The molecule has 2 N–H and O–H groups in total. The molecule has 23 heavy (non-hydrogen) atoms. The lowest BCUT2D eigenvalue weighted by Gasteiger charge is -2.40. The van der Waals surface area contributed by atoms with Gasteiger partial charge < -0.3 is 20.4 Å². The summed E-state index contributed by atoms with van der Waals surface area (Å²) >= 11 is 0. The minimum Gasteiger partial charge on any atom is -0.338 e. The van der Waals surface area contributed by atoms with Crippen LogP contribution in [0, 0.1) is 5.92 Å². The van der Waals surface area contributed by atoms with Crippen LogP contribution in [-0.4, -0.2) is 71.9 Å². The molecular formula is C17H30N4O2. The second-order valence-electron chi connectivity index (χ2n) is 7.15. The number of amides is 3. The molecular weight excluding hydrogens is 292 g/mol. The SMILES string of the molecule is NCC1CCCCN1C(=O)C1CCN(C(=O)N2CCCC2)CC1. The van der Waals surface area contributed by atoms with Crippen molar-refractivity contribution in [3.05, 3.63) is 0 Å². The molecule has 6 nitrogen and oxygen atoms in total. The minimum atomic E-state index is 0.0739. The van der Waals surface area contributed by atoms with Gasteiger partial charge in [-0.2, -0.15) is 0 Å². The van der Waals surface area contributed by atoms with Crippen LogP contribution in [0.5, 0.6) is 0 Å². The smallest absolute Gasteiger partial charge is 0.319 e. The highest BCUT2D eigenvalue weighted by Crippen LogP contribution is 2.25. The second kappa shape index (κ2) is 7.51. The maximum atomic E-state index is 12.8. The van der Waals surface area contributed by atoms with Crippen LogP contribution < -0.4 is 5.73 Å². The molecule has 1 atom stereocenters. The molecule has 0 spiro atoms. The zero-order chi connectivity index (χ0) is 16.2. The molecule has 130 valence electrons. The number of urea groups is 1. The van der Waals surface area contributed by atoms with E-state index in [4.69, 9.17) is 5.73 Å². The Hall–Kier alpha value is -1.30. The quantitative estimate of drug-likeness (QED) is 0.832. The van der Waals surface area contributed by atoms with Gasteiger partial charge in [-0.1, -0.05) is 0 Å². The van der Waals surface area contributed by atoms with Gasteiger partial charge in [0, 0.05) is 51.2 Å². The molecule has 3 aliphatic rings. The molecule has 1 unspecified atom stereocenters. The number of piperidine rings is 2. The van der Waals surface area contributed by atoms with E-state index in [1.165, 1.54) is 6.42 Å². The topological polar surface area (TPSA) is 69.9 Å². The molecule has 0 saturated carbocycles. The van der Waals surface area contributed by atoms with Crippen LogP contribution in [0.15, 0.2) is 0 Å². The first kappa shape index (κ1) is 16.6. The van der Waals surface area contributed by atoms with E-state index in [9.17, 15) is 9.59 Å². The monoisotopic (exact) mass is 322 g/mol. The minimum absolute atomic E-state index is 0.0739. The zero-order valence-electron chi connectivity index (χ0n) is 14.1. The molecule has 0 bridgehead atoms. The predicted octanol–water partition coefficient (Wildman–Crippen LogP) is 1.25. The van der Waals surface area contributed by atoms with Gasteiger partial charge in [-0.3, -0.25) is 4.79 Å². The van der Waals surface area contributed by atoms with Crippen molar-refractivity contribution in [3.8, 4) is 0 Å². The van der Waals surface area contributed by atoms with Crippen molar-refractivity contribution in [2.75, 3.05) is 39.3 Å². The largest absolute Gasteiger partial charge is 0.338 e. The van der Waals surface area contributed by atoms with Crippen molar-refractivity contribution in [1.29, 1.82) is 0 Å². The number of nitrogens with two attached hydrogens (primary N) is 1. The van der Waals surface area contributed by atoms with Crippen molar-refractivity contribution in [2.24, 2.45) is 11.7 Å².